The second kappa shape index (κ2) is 7.00. The molecular weight excluding hydrogens is 347 g/mol. The van der Waals surface area contributed by atoms with Crippen LogP contribution in [-0.2, 0) is 6.54 Å². The number of nitrogens with two attached hydrogens (primary N) is 1. The van der Waals surface area contributed by atoms with Gasteiger partial charge in [-0.05, 0) is 42.9 Å². The van der Waals surface area contributed by atoms with E-state index in [1.165, 1.54) is 12.8 Å². The van der Waals surface area contributed by atoms with Gasteiger partial charge in [-0.15, -0.1) is 12.4 Å². The summed E-state index contributed by atoms with van der Waals surface area (Å²) >= 11 is 5.95. The number of fused-ring (bicyclic) bond motifs is 2. The van der Waals surface area contributed by atoms with E-state index >= 15 is 0 Å². The highest BCUT2D eigenvalue weighted by atomic mass is 35.5. The number of aromatic nitrogens is 2. The Balaban J connectivity index is 0.00000169. The molecule has 2 aromatic rings. The lowest BCUT2D eigenvalue weighted by Gasteiger charge is -2.29. The molecule has 24 heavy (non-hydrogen) atoms. The average molecular weight is 369 g/mol. The number of rotatable bonds is 2. The minimum atomic E-state index is -0.124. The van der Waals surface area contributed by atoms with Crippen LogP contribution in [0.5, 0.6) is 0 Å². The van der Waals surface area contributed by atoms with Crippen molar-refractivity contribution >= 4 is 34.9 Å². The molecule has 3 N–H and O–H groups in total. The highest BCUT2D eigenvalue weighted by molar-refractivity contribution is 6.31. The minimum Gasteiger partial charge on any atom is -0.327 e. The molecule has 7 heteroatoms. The zero-order valence-corrected chi connectivity index (χ0v) is 14.9. The van der Waals surface area contributed by atoms with Crippen LogP contribution in [0.25, 0.3) is 10.9 Å². The van der Waals surface area contributed by atoms with Gasteiger partial charge in [0.05, 0.1) is 17.4 Å². The highest BCUT2D eigenvalue weighted by Gasteiger charge is 2.38. The van der Waals surface area contributed by atoms with Gasteiger partial charge in [0.25, 0.3) is 5.56 Å². The summed E-state index contributed by atoms with van der Waals surface area (Å²) in [7, 11) is 0. The van der Waals surface area contributed by atoms with Crippen molar-refractivity contribution in [3.05, 3.63) is 39.4 Å². The van der Waals surface area contributed by atoms with Gasteiger partial charge in [0.15, 0.2) is 0 Å². The summed E-state index contributed by atoms with van der Waals surface area (Å²) < 4.78 is 0. The second-order valence-electron chi connectivity index (χ2n) is 6.89. The van der Waals surface area contributed by atoms with Gasteiger partial charge >= 0.3 is 0 Å². The van der Waals surface area contributed by atoms with Crippen molar-refractivity contribution in [2.75, 3.05) is 13.1 Å². The van der Waals surface area contributed by atoms with E-state index in [4.69, 9.17) is 17.3 Å². The molecule has 130 valence electrons. The number of hydrogen-bond donors (Lipinski definition) is 2. The van der Waals surface area contributed by atoms with Crippen LogP contribution in [0.2, 0.25) is 5.02 Å². The zero-order chi connectivity index (χ0) is 16.0. The van der Waals surface area contributed by atoms with Crippen molar-refractivity contribution in [3.8, 4) is 0 Å². The van der Waals surface area contributed by atoms with E-state index in [1.54, 1.807) is 18.2 Å². The van der Waals surface area contributed by atoms with Crippen LogP contribution >= 0.6 is 24.0 Å². The lowest BCUT2D eigenvalue weighted by atomic mass is 9.78. The standard InChI is InChI=1S/C17H21ClN4O.ClH/c18-11-4-5-15-12(6-11)17(23)21-16(20-15)9-22-7-10-2-1-3-14(19)13(10)8-22;/h4-6,10,13-14H,1-3,7-9,19H2,(H,20,21,23);1H. The molecule has 2 fully saturated rings. The number of H-pyrrole nitrogens is 1. The van der Waals surface area contributed by atoms with Gasteiger partial charge in [-0.25, -0.2) is 4.98 Å². The predicted octanol–water partition coefficient (Wildman–Crippen LogP) is 2.56. The van der Waals surface area contributed by atoms with Gasteiger partial charge in [0.2, 0.25) is 0 Å². The molecule has 0 radical (unpaired) electrons. The molecule has 5 nitrogen and oxygen atoms in total. The van der Waals surface area contributed by atoms with Crippen LogP contribution in [0.15, 0.2) is 23.0 Å². The van der Waals surface area contributed by atoms with E-state index in [0.717, 1.165) is 25.3 Å². The van der Waals surface area contributed by atoms with Crippen molar-refractivity contribution in [1.82, 2.24) is 14.9 Å². The zero-order valence-electron chi connectivity index (χ0n) is 13.4. The normalized spacial score (nSPS) is 27.0. The molecule has 1 saturated heterocycles. The molecule has 3 atom stereocenters. The van der Waals surface area contributed by atoms with Gasteiger partial charge in [-0.2, -0.15) is 0 Å². The average Bonchev–Trinajstić information content (AvgIpc) is 2.92. The summed E-state index contributed by atoms with van der Waals surface area (Å²) in [6.07, 6.45) is 3.65. The summed E-state index contributed by atoms with van der Waals surface area (Å²) in [6, 6.07) is 5.56. The van der Waals surface area contributed by atoms with Crippen LogP contribution in [0.1, 0.15) is 25.1 Å². The van der Waals surface area contributed by atoms with Crippen LogP contribution < -0.4 is 11.3 Å². The fourth-order valence-corrected chi connectivity index (χ4v) is 4.36. The van der Waals surface area contributed by atoms with Crippen molar-refractivity contribution < 1.29 is 0 Å². The number of halogens is 2. The van der Waals surface area contributed by atoms with E-state index < -0.39 is 0 Å². The predicted molar refractivity (Wildman–Crippen MR) is 98.7 cm³/mol. The monoisotopic (exact) mass is 368 g/mol. The van der Waals surface area contributed by atoms with Gasteiger partial charge in [-0.1, -0.05) is 18.0 Å². The van der Waals surface area contributed by atoms with Crippen LogP contribution in [0.4, 0.5) is 0 Å². The first-order valence-electron chi connectivity index (χ1n) is 8.26. The Hall–Kier alpha value is -1.14. The second-order valence-corrected chi connectivity index (χ2v) is 7.32. The number of benzene rings is 1. The SMILES string of the molecule is Cl.NC1CCCC2CN(Cc3nc4ccc(Cl)cc4c(=O)[nH]3)CC12. The molecule has 3 unspecified atom stereocenters. The number of nitrogens with zero attached hydrogens (tertiary/aromatic N) is 2. The molecule has 1 aliphatic heterocycles. The third-order valence-corrected chi connectivity index (χ3v) is 5.55. The third-order valence-electron chi connectivity index (χ3n) is 5.32. The van der Waals surface area contributed by atoms with Crippen molar-refractivity contribution in [2.45, 2.75) is 31.8 Å². The van der Waals surface area contributed by atoms with Gasteiger partial charge < -0.3 is 10.7 Å². The Morgan fingerprint density at radius 1 is 1.33 bits per heavy atom. The molecule has 1 aromatic heterocycles. The van der Waals surface area contributed by atoms with E-state index in [-0.39, 0.29) is 18.0 Å². The molecule has 4 rings (SSSR count). The van der Waals surface area contributed by atoms with E-state index in [0.29, 0.717) is 40.3 Å². The van der Waals surface area contributed by atoms with Crippen molar-refractivity contribution in [2.24, 2.45) is 17.6 Å². The molecule has 0 amide bonds. The maximum absolute atomic E-state index is 12.2. The Morgan fingerprint density at radius 2 is 2.17 bits per heavy atom. The summed E-state index contributed by atoms with van der Waals surface area (Å²) in [4.78, 5) is 22.1. The smallest absolute Gasteiger partial charge is 0.258 e. The number of likely N-dealkylation sites (tertiary alicyclic amines) is 1. The Morgan fingerprint density at radius 3 is 2.96 bits per heavy atom. The number of aromatic amines is 1. The molecule has 1 aromatic carbocycles. The molecule has 2 heterocycles. The first-order chi connectivity index (χ1) is 11.1. The van der Waals surface area contributed by atoms with Crippen molar-refractivity contribution in [3.63, 3.8) is 0 Å². The topological polar surface area (TPSA) is 75.0 Å². The first-order valence-corrected chi connectivity index (χ1v) is 8.64. The maximum atomic E-state index is 12.2. The largest absolute Gasteiger partial charge is 0.327 e. The number of hydrogen-bond acceptors (Lipinski definition) is 4. The van der Waals surface area contributed by atoms with Gasteiger partial charge in [-0.3, -0.25) is 9.69 Å². The fourth-order valence-electron chi connectivity index (χ4n) is 4.18. The summed E-state index contributed by atoms with van der Waals surface area (Å²) in [5.41, 5.74) is 6.85. The summed E-state index contributed by atoms with van der Waals surface area (Å²) in [5, 5.41) is 1.09. The highest BCUT2D eigenvalue weighted by Crippen LogP contribution is 2.35. The molecule has 1 aliphatic carbocycles. The summed E-state index contributed by atoms with van der Waals surface area (Å²) in [6.45, 7) is 2.74. The maximum Gasteiger partial charge on any atom is 0.258 e. The Labute approximate surface area is 152 Å². The van der Waals surface area contributed by atoms with Crippen molar-refractivity contribution in [1.29, 1.82) is 0 Å². The molecule has 1 saturated carbocycles. The molecular formula is C17H22Cl2N4O. The third kappa shape index (κ3) is 3.31. The Bertz CT molecular complexity index is 794. The van der Waals surface area contributed by atoms with E-state index in [9.17, 15) is 4.79 Å². The van der Waals surface area contributed by atoms with Crippen LogP contribution in [-0.4, -0.2) is 34.0 Å². The first kappa shape index (κ1) is 17.7. The van der Waals surface area contributed by atoms with Crippen LogP contribution in [0, 0.1) is 11.8 Å². The fraction of sp³-hybridized carbons (Fsp3) is 0.529. The minimum absolute atomic E-state index is 0. The lowest BCUT2D eigenvalue weighted by molar-refractivity contribution is 0.259. The quantitative estimate of drug-likeness (QED) is 0.853. The molecule has 0 bridgehead atoms. The van der Waals surface area contributed by atoms with Crippen LogP contribution in [0.3, 0.4) is 0 Å². The lowest BCUT2D eigenvalue weighted by Crippen LogP contribution is -2.38. The van der Waals surface area contributed by atoms with Gasteiger partial charge in [0.1, 0.15) is 5.82 Å². The van der Waals surface area contributed by atoms with E-state index in [2.05, 4.69) is 14.9 Å². The van der Waals surface area contributed by atoms with E-state index in [1.807, 2.05) is 0 Å². The van der Waals surface area contributed by atoms with Gasteiger partial charge in [0, 0.05) is 24.2 Å². The molecule has 0 spiro atoms. The Kier molecular flexibility index (Phi) is 5.16. The molecule has 2 aliphatic rings. The number of nitrogens with one attached hydrogen (secondary N) is 1. The summed E-state index contributed by atoms with van der Waals surface area (Å²) in [5.74, 6) is 2.01.